The van der Waals surface area contributed by atoms with E-state index in [9.17, 15) is 9.59 Å². The Bertz CT molecular complexity index is 655. The van der Waals surface area contributed by atoms with Crippen molar-refractivity contribution in [1.82, 2.24) is 20.0 Å². The molecule has 0 aliphatic carbocycles. The molecule has 0 radical (unpaired) electrons. The molecule has 0 bridgehead atoms. The number of amides is 2. The normalized spacial score (nSPS) is 19.2. The number of rotatable bonds is 5. The fraction of sp³-hybridized carbons (Fsp3) is 0.579. The third-order valence-corrected chi connectivity index (χ3v) is 5.51. The molecule has 2 aliphatic heterocycles. The van der Waals surface area contributed by atoms with Crippen molar-refractivity contribution in [1.29, 1.82) is 0 Å². The van der Waals surface area contributed by atoms with E-state index in [0.29, 0.717) is 26.2 Å². The van der Waals surface area contributed by atoms with E-state index < -0.39 is 0 Å². The van der Waals surface area contributed by atoms with Gasteiger partial charge in [0.05, 0.1) is 13.1 Å². The van der Waals surface area contributed by atoms with E-state index in [4.69, 9.17) is 11.6 Å². The monoisotopic (exact) mass is 393 g/mol. The van der Waals surface area contributed by atoms with Crippen molar-refractivity contribution in [3.05, 3.63) is 29.3 Å². The standard InChI is InChI=1S/C19H28ClN5O2/c1-21-18(26)14-22-7-11-25(12-8-22)19(27)15-23-5-9-24(10-6-23)17-4-2-3-16(20)13-17/h2-4,13H,5-12,14-15H2,1H3,(H,21,26). The number of carbonyl (C=O) groups is 2. The van der Waals surface area contributed by atoms with E-state index in [1.54, 1.807) is 7.05 Å². The number of piperazine rings is 2. The van der Waals surface area contributed by atoms with E-state index in [-0.39, 0.29) is 11.8 Å². The van der Waals surface area contributed by atoms with Crippen LogP contribution in [0.2, 0.25) is 5.02 Å². The van der Waals surface area contributed by atoms with Crippen LogP contribution >= 0.6 is 11.6 Å². The fourth-order valence-corrected chi connectivity index (χ4v) is 3.75. The lowest BCUT2D eigenvalue weighted by atomic mass is 10.2. The van der Waals surface area contributed by atoms with Crippen LogP contribution in [0.3, 0.4) is 0 Å². The highest BCUT2D eigenvalue weighted by Gasteiger charge is 2.25. The predicted molar refractivity (Wildman–Crippen MR) is 107 cm³/mol. The van der Waals surface area contributed by atoms with Gasteiger partial charge < -0.3 is 15.1 Å². The molecule has 0 spiro atoms. The molecule has 27 heavy (non-hydrogen) atoms. The van der Waals surface area contributed by atoms with Gasteiger partial charge in [0.2, 0.25) is 11.8 Å². The highest BCUT2D eigenvalue weighted by molar-refractivity contribution is 6.30. The quantitative estimate of drug-likeness (QED) is 0.782. The van der Waals surface area contributed by atoms with Gasteiger partial charge in [-0.05, 0) is 18.2 Å². The van der Waals surface area contributed by atoms with E-state index >= 15 is 0 Å². The molecule has 0 saturated carbocycles. The van der Waals surface area contributed by atoms with E-state index in [1.807, 2.05) is 23.1 Å². The van der Waals surface area contributed by atoms with Gasteiger partial charge in [0.15, 0.2) is 0 Å². The maximum atomic E-state index is 12.6. The number of halogens is 1. The molecule has 2 aliphatic rings. The number of anilines is 1. The molecule has 8 heteroatoms. The van der Waals surface area contributed by atoms with Crippen molar-refractivity contribution >= 4 is 29.1 Å². The lowest BCUT2D eigenvalue weighted by molar-refractivity contribution is -0.134. The molecule has 0 unspecified atom stereocenters. The summed E-state index contributed by atoms with van der Waals surface area (Å²) in [6.45, 7) is 7.30. The summed E-state index contributed by atoms with van der Waals surface area (Å²) in [6, 6.07) is 7.91. The number of nitrogens with one attached hydrogen (secondary N) is 1. The smallest absolute Gasteiger partial charge is 0.236 e. The first-order valence-electron chi connectivity index (χ1n) is 9.49. The molecule has 0 aromatic heterocycles. The van der Waals surface area contributed by atoms with Crippen molar-refractivity contribution in [2.24, 2.45) is 0 Å². The topological polar surface area (TPSA) is 59.1 Å². The van der Waals surface area contributed by atoms with Gasteiger partial charge in [0, 0.05) is 70.1 Å². The second-order valence-electron chi connectivity index (χ2n) is 7.07. The number of nitrogens with zero attached hydrogens (tertiary/aromatic N) is 4. The van der Waals surface area contributed by atoms with Crippen LogP contribution in [0.25, 0.3) is 0 Å². The first-order chi connectivity index (χ1) is 13.0. The first-order valence-corrected chi connectivity index (χ1v) is 9.86. The van der Waals surface area contributed by atoms with E-state index in [2.05, 4.69) is 26.1 Å². The molecule has 2 saturated heterocycles. The van der Waals surface area contributed by atoms with Gasteiger partial charge in [-0.3, -0.25) is 19.4 Å². The van der Waals surface area contributed by atoms with Gasteiger partial charge in [0.25, 0.3) is 0 Å². The summed E-state index contributed by atoms with van der Waals surface area (Å²) in [5.41, 5.74) is 1.14. The zero-order valence-electron chi connectivity index (χ0n) is 15.9. The Hall–Kier alpha value is -1.83. The maximum Gasteiger partial charge on any atom is 0.236 e. The van der Waals surface area contributed by atoms with E-state index in [1.165, 1.54) is 0 Å². The van der Waals surface area contributed by atoms with Crippen LogP contribution in [-0.4, -0.2) is 99.0 Å². The fourth-order valence-electron chi connectivity index (χ4n) is 3.57. The van der Waals surface area contributed by atoms with Crippen LogP contribution in [0, 0.1) is 0 Å². The molecule has 1 aromatic rings. The number of likely N-dealkylation sites (N-methyl/N-ethyl adjacent to an activating group) is 1. The van der Waals surface area contributed by atoms with Crippen LogP contribution in [0.1, 0.15) is 0 Å². The molecule has 3 rings (SSSR count). The minimum absolute atomic E-state index is 0.0207. The molecular weight excluding hydrogens is 366 g/mol. The molecule has 2 fully saturated rings. The lowest BCUT2D eigenvalue weighted by Gasteiger charge is -2.38. The minimum atomic E-state index is 0.0207. The van der Waals surface area contributed by atoms with Crippen LogP contribution in [0.15, 0.2) is 24.3 Å². The maximum absolute atomic E-state index is 12.6. The van der Waals surface area contributed by atoms with Gasteiger partial charge in [-0.25, -0.2) is 0 Å². The molecule has 1 N–H and O–H groups in total. The Morgan fingerprint density at radius 3 is 2.22 bits per heavy atom. The summed E-state index contributed by atoms with van der Waals surface area (Å²) < 4.78 is 0. The highest BCUT2D eigenvalue weighted by Crippen LogP contribution is 2.20. The Kier molecular flexibility index (Phi) is 6.93. The molecule has 148 valence electrons. The number of hydrogen-bond donors (Lipinski definition) is 1. The van der Waals surface area contributed by atoms with Crippen LogP contribution in [0.5, 0.6) is 0 Å². The van der Waals surface area contributed by atoms with Crippen molar-refractivity contribution < 1.29 is 9.59 Å². The number of benzene rings is 1. The average Bonchev–Trinajstić information content (AvgIpc) is 2.69. The van der Waals surface area contributed by atoms with Crippen LogP contribution in [-0.2, 0) is 9.59 Å². The Morgan fingerprint density at radius 2 is 1.59 bits per heavy atom. The second kappa shape index (κ2) is 9.39. The predicted octanol–water partition coefficient (Wildman–Crippen LogP) is 0.352. The summed E-state index contributed by atoms with van der Waals surface area (Å²) >= 11 is 6.08. The van der Waals surface area contributed by atoms with Crippen LogP contribution in [0.4, 0.5) is 5.69 Å². The third kappa shape index (κ3) is 5.57. The van der Waals surface area contributed by atoms with Crippen molar-refractivity contribution in [3.8, 4) is 0 Å². The summed E-state index contributed by atoms with van der Waals surface area (Å²) in [5.74, 6) is 0.207. The molecule has 1 aromatic carbocycles. The second-order valence-corrected chi connectivity index (χ2v) is 7.51. The third-order valence-electron chi connectivity index (χ3n) is 5.28. The lowest BCUT2D eigenvalue weighted by Crippen LogP contribution is -2.54. The van der Waals surface area contributed by atoms with E-state index in [0.717, 1.165) is 50.0 Å². The zero-order chi connectivity index (χ0) is 19.2. The summed E-state index contributed by atoms with van der Waals surface area (Å²) in [5, 5.41) is 3.39. The van der Waals surface area contributed by atoms with Gasteiger partial charge in [-0.2, -0.15) is 0 Å². The van der Waals surface area contributed by atoms with Crippen LogP contribution < -0.4 is 10.2 Å². The van der Waals surface area contributed by atoms with Crippen molar-refractivity contribution in [3.63, 3.8) is 0 Å². The highest BCUT2D eigenvalue weighted by atomic mass is 35.5. The molecule has 0 atom stereocenters. The van der Waals surface area contributed by atoms with Crippen molar-refractivity contribution in [2.45, 2.75) is 0 Å². The SMILES string of the molecule is CNC(=O)CN1CCN(C(=O)CN2CCN(c3cccc(Cl)c3)CC2)CC1. The molecule has 7 nitrogen and oxygen atoms in total. The van der Waals surface area contributed by atoms with Crippen molar-refractivity contribution in [2.75, 3.05) is 77.4 Å². The Balaban J connectivity index is 1.40. The largest absolute Gasteiger partial charge is 0.369 e. The van der Waals surface area contributed by atoms with Gasteiger partial charge >= 0.3 is 0 Å². The molecule has 2 heterocycles. The summed E-state index contributed by atoms with van der Waals surface area (Å²) in [6.07, 6.45) is 0. The molecule has 2 amide bonds. The average molecular weight is 394 g/mol. The Morgan fingerprint density at radius 1 is 0.963 bits per heavy atom. The number of hydrogen-bond acceptors (Lipinski definition) is 5. The number of carbonyl (C=O) groups excluding carboxylic acids is 2. The Labute approximate surface area is 165 Å². The minimum Gasteiger partial charge on any atom is -0.369 e. The summed E-state index contributed by atoms with van der Waals surface area (Å²) in [4.78, 5) is 32.6. The van der Waals surface area contributed by atoms with Gasteiger partial charge in [-0.1, -0.05) is 17.7 Å². The van der Waals surface area contributed by atoms with Gasteiger partial charge in [0.1, 0.15) is 0 Å². The zero-order valence-corrected chi connectivity index (χ0v) is 16.6. The first kappa shape index (κ1) is 19.9. The summed E-state index contributed by atoms with van der Waals surface area (Å²) in [7, 11) is 1.65. The molecular formula is C19H28ClN5O2. The van der Waals surface area contributed by atoms with Gasteiger partial charge in [-0.15, -0.1) is 0 Å².